The van der Waals surface area contributed by atoms with E-state index in [1.807, 2.05) is 35.7 Å². The Bertz CT molecular complexity index is 785. The second kappa shape index (κ2) is 9.89. The van der Waals surface area contributed by atoms with Gasteiger partial charge in [0.15, 0.2) is 0 Å². The molecule has 1 aromatic carbocycles. The zero-order chi connectivity index (χ0) is 18.0. The number of nitrogens with zero attached hydrogens (tertiary/aromatic N) is 1. The molecule has 0 aliphatic heterocycles. The van der Waals surface area contributed by atoms with Gasteiger partial charge < -0.3 is 14.5 Å². The van der Waals surface area contributed by atoms with E-state index >= 15 is 0 Å². The number of aromatic nitrogens is 1. The fourth-order valence-electron chi connectivity index (χ4n) is 2.48. The molecule has 136 valence electrons. The van der Waals surface area contributed by atoms with Gasteiger partial charge in [-0.05, 0) is 24.1 Å². The van der Waals surface area contributed by atoms with Crippen LogP contribution in [0.1, 0.15) is 28.4 Å². The van der Waals surface area contributed by atoms with Crippen molar-refractivity contribution < 1.29 is 13.9 Å². The molecule has 0 aliphatic carbocycles. The Morgan fingerprint density at radius 3 is 2.88 bits per heavy atom. The molecule has 0 fully saturated rings. The monoisotopic (exact) mass is 370 g/mol. The highest BCUT2D eigenvalue weighted by atomic mass is 32.1. The van der Waals surface area contributed by atoms with E-state index in [9.17, 15) is 4.79 Å². The molecule has 0 unspecified atom stereocenters. The number of benzene rings is 1. The summed E-state index contributed by atoms with van der Waals surface area (Å²) in [4.78, 5) is 16.6. The van der Waals surface area contributed by atoms with E-state index in [1.54, 1.807) is 17.6 Å². The van der Waals surface area contributed by atoms with Crippen LogP contribution in [0.2, 0.25) is 0 Å². The summed E-state index contributed by atoms with van der Waals surface area (Å²) < 4.78 is 10.7. The van der Waals surface area contributed by atoms with Gasteiger partial charge in [-0.2, -0.15) is 0 Å². The molecule has 2 heterocycles. The maximum absolute atomic E-state index is 12.0. The number of hydrogen-bond acceptors (Lipinski definition) is 5. The van der Waals surface area contributed by atoms with Crippen molar-refractivity contribution in [3.8, 4) is 0 Å². The molecule has 0 saturated carbocycles. The number of rotatable bonds is 10. The number of carbonyl (C=O) groups excluding carboxylic acids is 1. The zero-order valence-electron chi connectivity index (χ0n) is 14.5. The highest BCUT2D eigenvalue weighted by Crippen LogP contribution is 2.15. The number of ether oxygens (including phenoxy) is 1. The summed E-state index contributed by atoms with van der Waals surface area (Å²) in [6.07, 6.45) is 3.52. The first-order valence-electron chi connectivity index (χ1n) is 8.63. The van der Waals surface area contributed by atoms with E-state index in [-0.39, 0.29) is 5.91 Å². The molecule has 3 aromatic rings. The third kappa shape index (κ3) is 6.13. The minimum atomic E-state index is -0.00686. The van der Waals surface area contributed by atoms with Crippen LogP contribution >= 0.6 is 11.3 Å². The van der Waals surface area contributed by atoms with Gasteiger partial charge in [0.25, 0.3) is 0 Å². The lowest BCUT2D eigenvalue weighted by Crippen LogP contribution is -2.26. The van der Waals surface area contributed by atoms with E-state index in [2.05, 4.69) is 22.4 Å². The van der Waals surface area contributed by atoms with Crippen LogP contribution in [-0.4, -0.2) is 24.0 Å². The molecule has 5 nitrogen and oxygen atoms in total. The van der Waals surface area contributed by atoms with Gasteiger partial charge in [0, 0.05) is 25.0 Å². The van der Waals surface area contributed by atoms with Crippen molar-refractivity contribution in [3.63, 3.8) is 0 Å². The molecule has 3 rings (SSSR count). The average Bonchev–Trinajstić information content (AvgIpc) is 3.31. The molecular formula is C20H22N2O3S. The Morgan fingerprint density at radius 2 is 2.08 bits per heavy atom. The summed E-state index contributed by atoms with van der Waals surface area (Å²) in [5, 5.41) is 5.90. The number of nitrogens with one attached hydrogen (secondary N) is 1. The van der Waals surface area contributed by atoms with Crippen LogP contribution in [-0.2, 0) is 29.0 Å². The lowest BCUT2D eigenvalue weighted by Gasteiger charge is -2.05. The molecule has 0 spiro atoms. The van der Waals surface area contributed by atoms with Crippen molar-refractivity contribution in [1.82, 2.24) is 10.3 Å². The van der Waals surface area contributed by atoms with E-state index in [1.165, 1.54) is 5.56 Å². The summed E-state index contributed by atoms with van der Waals surface area (Å²) >= 11 is 1.60. The predicted octanol–water partition coefficient (Wildman–Crippen LogP) is 3.59. The summed E-state index contributed by atoms with van der Waals surface area (Å²) in [5.41, 5.74) is 2.06. The van der Waals surface area contributed by atoms with Crippen molar-refractivity contribution in [1.29, 1.82) is 0 Å². The number of hydrogen-bond donors (Lipinski definition) is 1. The first-order chi connectivity index (χ1) is 12.8. The molecule has 1 N–H and O–H groups in total. The Balaban J connectivity index is 1.31. The third-order valence-electron chi connectivity index (χ3n) is 3.75. The van der Waals surface area contributed by atoms with Crippen molar-refractivity contribution in [2.24, 2.45) is 0 Å². The van der Waals surface area contributed by atoms with Crippen LogP contribution in [0.25, 0.3) is 0 Å². The lowest BCUT2D eigenvalue weighted by atomic mass is 10.2. The summed E-state index contributed by atoms with van der Waals surface area (Å²) in [6, 6.07) is 13.9. The van der Waals surface area contributed by atoms with Crippen LogP contribution < -0.4 is 5.32 Å². The van der Waals surface area contributed by atoms with Gasteiger partial charge in [0.1, 0.15) is 12.4 Å². The molecule has 6 heteroatoms. The predicted molar refractivity (Wildman–Crippen MR) is 101 cm³/mol. The lowest BCUT2D eigenvalue weighted by molar-refractivity contribution is -0.120. The van der Waals surface area contributed by atoms with E-state index in [4.69, 9.17) is 9.15 Å². The van der Waals surface area contributed by atoms with E-state index in [0.29, 0.717) is 26.2 Å². The molecule has 0 atom stereocenters. The molecule has 26 heavy (non-hydrogen) atoms. The third-order valence-corrected chi connectivity index (χ3v) is 4.65. The van der Waals surface area contributed by atoms with Crippen LogP contribution in [0.15, 0.2) is 58.5 Å². The number of amides is 1. The quantitative estimate of drug-likeness (QED) is 0.554. The smallest absolute Gasteiger partial charge is 0.226 e. The fraction of sp³-hybridized carbons (Fsp3) is 0.300. The van der Waals surface area contributed by atoms with E-state index < -0.39 is 0 Å². The zero-order valence-corrected chi connectivity index (χ0v) is 15.3. The number of thiazole rings is 1. The topological polar surface area (TPSA) is 64.4 Å². The van der Waals surface area contributed by atoms with Gasteiger partial charge in [0.05, 0.1) is 23.4 Å². The van der Waals surface area contributed by atoms with Gasteiger partial charge in [-0.25, -0.2) is 4.98 Å². The fourth-order valence-corrected chi connectivity index (χ4v) is 3.31. The highest BCUT2D eigenvalue weighted by molar-refractivity contribution is 7.09. The van der Waals surface area contributed by atoms with Gasteiger partial charge in [0.2, 0.25) is 5.91 Å². The maximum Gasteiger partial charge on any atom is 0.226 e. The van der Waals surface area contributed by atoms with Gasteiger partial charge in [-0.3, -0.25) is 4.79 Å². The molecular weight excluding hydrogens is 348 g/mol. The standard InChI is InChI=1S/C20H22N2O3S/c23-19(21-9-5-10-24-14-18-8-4-11-25-18)13-17-15-26-20(22-17)12-16-6-2-1-3-7-16/h1-4,6-8,11,15H,5,9-10,12-14H2,(H,21,23). The molecule has 2 aromatic heterocycles. The molecule has 0 bridgehead atoms. The number of carbonyl (C=O) groups is 1. The van der Waals surface area contributed by atoms with Crippen LogP contribution in [0.5, 0.6) is 0 Å². The Kier molecular flexibility index (Phi) is 6.98. The Labute approximate surface area is 157 Å². The normalized spacial score (nSPS) is 10.8. The second-order valence-corrected chi connectivity index (χ2v) is 6.85. The Morgan fingerprint density at radius 1 is 1.19 bits per heavy atom. The summed E-state index contributed by atoms with van der Waals surface area (Å²) in [6.45, 7) is 1.64. The SMILES string of the molecule is O=C(Cc1csc(Cc2ccccc2)n1)NCCCOCc1ccco1. The van der Waals surface area contributed by atoms with Crippen molar-refractivity contribution in [2.45, 2.75) is 25.9 Å². The van der Waals surface area contributed by atoms with Gasteiger partial charge >= 0.3 is 0 Å². The minimum absolute atomic E-state index is 0.00686. The highest BCUT2D eigenvalue weighted by Gasteiger charge is 2.08. The first-order valence-corrected chi connectivity index (χ1v) is 9.51. The molecule has 0 saturated heterocycles. The van der Waals surface area contributed by atoms with Crippen LogP contribution in [0, 0.1) is 0 Å². The van der Waals surface area contributed by atoms with Crippen molar-refractivity contribution in [2.75, 3.05) is 13.2 Å². The molecule has 0 aliphatic rings. The first kappa shape index (κ1) is 18.4. The number of furan rings is 1. The summed E-state index contributed by atoms with van der Waals surface area (Å²) in [7, 11) is 0. The second-order valence-electron chi connectivity index (χ2n) is 5.91. The van der Waals surface area contributed by atoms with Crippen molar-refractivity contribution in [3.05, 3.63) is 76.1 Å². The molecule has 1 amide bonds. The van der Waals surface area contributed by atoms with Gasteiger partial charge in [-0.15, -0.1) is 11.3 Å². The average molecular weight is 370 g/mol. The van der Waals surface area contributed by atoms with Crippen LogP contribution in [0.3, 0.4) is 0 Å². The van der Waals surface area contributed by atoms with Crippen molar-refractivity contribution >= 4 is 17.2 Å². The minimum Gasteiger partial charge on any atom is -0.467 e. The van der Waals surface area contributed by atoms with E-state index in [0.717, 1.165) is 29.3 Å². The maximum atomic E-state index is 12.0. The Hall–Kier alpha value is -2.44. The molecule has 0 radical (unpaired) electrons. The van der Waals surface area contributed by atoms with Crippen LogP contribution in [0.4, 0.5) is 0 Å². The van der Waals surface area contributed by atoms with Gasteiger partial charge in [-0.1, -0.05) is 30.3 Å². The summed E-state index contributed by atoms with van der Waals surface area (Å²) in [5.74, 6) is 0.802. The largest absolute Gasteiger partial charge is 0.467 e.